The van der Waals surface area contributed by atoms with Gasteiger partial charge in [0.2, 0.25) is 0 Å². The van der Waals surface area contributed by atoms with Gasteiger partial charge in [-0.1, -0.05) is 19.8 Å². The summed E-state index contributed by atoms with van der Waals surface area (Å²) in [4.78, 5) is 13.0. The van der Waals surface area contributed by atoms with Crippen molar-refractivity contribution in [3.05, 3.63) is 12.7 Å². The second-order valence-electron chi connectivity index (χ2n) is 6.24. The van der Waals surface area contributed by atoms with Gasteiger partial charge >= 0.3 is 0 Å². The maximum atomic E-state index is 10.7. The molecule has 3 rings (SSSR count). The summed E-state index contributed by atoms with van der Waals surface area (Å²) in [7, 11) is 3.70. The van der Waals surface area contributed by atoms with Crippen molar-refractivity contribution in [2.24, 2.45) is 11.8 Å². The minimum atomic E-state index is -0.569. The van der Waals surface area contributed by atoms with Gasteiger partial charge in [0.15, 0.2) is 17.0 Å². The Morgan fingerprint density at radius 3 is 2.68 bits per heavy atom. The second kappa shape index (κ2) is 6.18. The highest BCUT2D eigenvalue weighted by atomic mass is 16.3. The third-order valence-corrected chi connectivity index (χ3v) is 4.76. The van der Waals surface area contributed by atoms with Crippen LogP contribution in [0, 0.1) is 11.8 Å². The number of imidazole rings is 1. The zero-order chi connectivity index (χ0) is 15.7. The van der Waals surface area contributed by atoms with Gasteiger partial charge in [0.25, 0.3) is 0 Å². The standard InChI is InChI=1S/C15H24N6O/c1-10-4-6-11(7-5-10)15(22)21-9-19-12-13(20(3)16-2)17-8-18-14(12)21/h8-11,15-16,22H,4-7H2,1-3H3. The number of nitrogens with zero attached hydrogens (tertiary/aromatic N) is 5. The van der Waals surface area contributed by atoms with E-state index in [-0.39, 0.29) is 5.92 Å². The van der Waals surface area contributed by atoms with Gasteiger partial charge < -0.3 is 5.11 Å². The van der Waals surface area contributed by atoms with Crippen molar-refractivity contribution in [1.82, 2.24) is 24.9 Å². The van der Waals surface area contributed by atoms with Crippen LogP contribution in [0.3, 0.4) is 0 Å². The Balaban J connectivity index is 1.91. The molecule has 0 aromatic carbocycles. The van der Waals surface area contributed by atoms with Crippen molar-refractivity contribution in [2.75, 3.05) is 19.1 Å². The summed E-state index contributed by atoms with van der Waals surface area (Å²) in [6.45, 7) is 2.28. The molecule has 7 heteroatoms. The van der Waals surface area contributed by atoms with Crippen molar-refractivity contribution in [3.8, 4) is 0 Å². The third-order valence-electron chi connectivity index (χ3n) is 4.76. The fourth-order valence-electron chi connectivity index (χ4n) is 3.20. The molecule has 1 atom stereocenters. The van der Waals surface area contributed by atoms with Crippen LogP contribution in [-0.4, -0.2) is 38.7 Å². The van der Waals surface area contributed by atoms with Crippen molar-refractivity contribution in [2.45, 2.75) is 38.8 Å². The van der Waals surface area contributed by atoms with Crippen LogP contribution >= 0.6 is 0 Å². The van der Waals surface area contributed by atoms with Gasteiger partial charge in [-0.2, -0.15) is 0 Å². The molecule has 1 aliphatic carbocycles. The molecule has 0 amide bonds. The first-order chi connectivity index (χ1) is 10.6. The van der Waals surface area contributed by atoms with Gasteiger partial charge in [0.1, 0.15) is 12.6 Å². The molecule has 2 aromatic heterocycles. The first-order valence-corrected chi connectivity index (χ1v) is 7.88. The summed E-state index contributed by atoms with van der Waals surface area (Å²) < 4.78 is 1.78. The summed E-state index contributed by atoms with van der Waals surface area (Å²) >= 11 is 0. The number of nitrogens with one attached hydrogen (secondary N) is 1. The molecule has 2 N–H and O–H groups in total. The maximum Gasteiger partial charge on any atom is 0.174 e. The van der Waals surface area contributed by atoms with E-state index in [1.54, 1.807) is 15.9 Å². The molecule has 1 saturated carbocycles. The average Bonchev–Trinajstić information content (AvgIpc) is 2.98. The molecule has 1 aliphatic rings. The van der Waals surface area contributed by atoms with Crippen molar-refractivity contribution >= 4 is 17.0 Å². The zero-order valence-corrected chi connectivity index (χ0v) is 13.4. The van der Waals surface area contributed by atoms with Crippen molar-refractivity contribution in [1.29, 1.82) is 0 Å². The lowest BCUT2D eigenvalue weighted by molar-refractivity contribution is 0.0201. The Bertz CT molecular complexity index is 634. The molecular formula is C15H24N6O. The fourth-order valence-corrected chi connectivity index (χ4v) is 3.20. The van der Waals surface area contributed by atoms with Crippen LogP contribution in [0.5, 0.6) is 0 Å². The molecule has 1 unspecified atom stereocenters. The summed E-state index contributed by atoms with van der Waals surface area (Å²) in [5.41, 5.74) is 4.39. The van der Waals surface area contributed by atoms with Gasteiger partial charge in [-0.25, -0.2) is 20.4 Å². The zero-order valence-electron chi connectivity index (χ0n) is 13.4. The van der Waals surface area contributed by atoms with E-state index in [1.807, 2.05) is 14.1 Å². The van der Waals surface area contributed by atoms with Crippen LogP contribution in [0.4, 0.5) is 5.82 Å². The van der Waals surface area contributed by atoms with Crippen LogP contribution in [0.2, 0.25) is 0 Å². The lowest BCUT2D eigenvalue weighted by Crippen LogP contribution is -2.31. The van der Waals surface area contributed by atoms with E-state index in [4.69, 9.17) is 0 Å². The Morgan fingerprint density at radius 1 is 1.27 bits per heavy atom. The highest BCUT2D eigenvalue weighted by Gasteiger charge is 2.27. The van der Waals surface area contributed by atoms with E-state index in [9.17, 15) is 5.11 Å². The molecule has 120 valence electrons. The molecule has 2 aromatic rings. The number of aliphatic hydroxyl groups excluding tert-OH is 1. The number of fused-ring (bicyclic) bond motifs is 1. The number of hydrogen-bond acceptors (Lipinski definition) is 6. The minimum absolute atomic E-state index is 0.272. The Labute approximate surface area is 130 Å². The molecule has 0 spiro atoms. The summed E-state index contributed by atoms with van der Waals surface area (Å²) in [5.74, 6) is 1.74. The molecule has 0 aliphatic heterocycles. The van der Waals surface area contributed by atoms with Crippen molar-refractivity contribution < 1.29 is 5.11 Å². The van der Waals surface area contributed by atoms with Gasteiger partial charge in [0.05, 0.1) is 6.33 Å². The smallest absolute Gasteiger partial charge is 0.174 e. The molecule has 1 fully saturated rings. The molecule has 0 saturated heterocycles. The lowest BCUT2D eigenvalue weighted by atomic mass is 9.82. The topological polar surface area (TPSA) is 79.1 Å². The quantitative estimate of drug-likeness (QED) is 0.837. The maximum absolute atomic E-state index is 10.7. The Morgan fingerprint density at radius 2 is 2.00 bits per heavy atom. The molecule has 0 bridgehead atoms. The van der Waals surface area contributed by atoms with Crippen LogP contribution in [-0.2, 0) is 0 Å². The third kappa shape index (κ3) is 2.66. The average molecular weight is 304 g/mol. The molecule has 2 heterocycles. The van der Waals surface area contributed by atoms with E-state index in [1.165, 1.54) is 19.2 Å². The van der Waals surface area contributed by atoms with E-state index in [0.717, 1.165) is 18.8 Å². The first-order valence-electron chi connectivity index (χ1n) is 7.88. The van der Waals surface area contributed by atoms with Gasteiger partial charge in [-0.3, -0.25) is 9.58 Å². The van der Waals surface area contributed by atoms with Crippen LogP contribution in [0.1, 0.15) is 38.8 Å². The van der Waals surface area contributed by atoms with Gasteiger partial charge in [0, 0.05) is 20.0 Å². The number of aliphatic hydroxyl groups is 1. The second-order valence-corrected chi connectivity index (χ2v) is 6.24. The number of rotatable bonds is 4. The van der Waals surface area contributed by atoms with Crippen LogP contribution in [0.25, 0.3) is 11.2 Å². The Kier molecular flexibility index (Phi) is 4.26. The predicted molar refractivity (Wildman–Crippen MR) is 85.2 cm³/mol. The lowest BCUT2D eigenvalue weighted by Gasteiger charge is -2.30. The van der Waals surface area contributed by atoms with Gasteiger partial charge in [-0.05, 0) is 18.8 Å². The van der Waals surface area contributed by atoms with Gasteiger partial charge in [-0.15, -0.1) is 0 Å². The number of hydrogen-bond donors (Lipinski definition) is 2. The highest BCUT2D eigenvalue weighted by molar-refractivity contribution is 5.82. The summed E-state index contributed by atoms with van der Waals surface area (Å²) in [5, 5.41) is 12.5. The fraction of sp³-hybridized carbons (Fsp3) is 0.667. The molecule has 0 radical (unpaired) electrons. The van der Waals surface area contributed by atoms with E-state index < -0.39 is 6.23 Å². The number of anilines is 1. The normalized spacial score (nSPS) is 23.6. The van der Waals surface area contributed by atoms with Crippen molar-refractivity contribution in [3.63, 3.8) is 0 Å². The summed E-state index contributed by atoms with van der Waals surface area (Å²) in [6, 6.07) is 0. The minimum Gasteiger partial charge on any atom is -0.373 e. The Hall–Kier alpha value is -1.73. The largest absolute Gasteiger partial charge is 0.373 e. The number of hydrazine groups is 1. The molecular weight excluding hydrogens is 280 g/mol. The molecule has 22 heavy (non-hydrogen) atoms. The van der Waals surface area contributed by atoms with E-state index in [0.29, 0.717) is 17.0 Å². The SMILES string of the molecule is CNN(C)c1ncnc2c1ncn2C(O)C1CCC(C)CC1. The predicted octanol–water partition coefficient (Wildman–Crippen LogP) is 1.71. The molecule has 7 nitrogen and oxygen atoms in total. The number of aromatic nitrogens is 4. The monoisotopic (exact) mass is 304 g/mol. The van der Waals surface area contributed by atoms with Crippen LogP contribution in [0.15, 0.2) is 12.7 Å². The summed E-state index contributed by atoms with van der Waals surface area (Å²) in [6.07, 6.45) is 7.08. The highest BCUT2D eigenvalue weighted by Crippen LogP contribution is 2.35. The van der Waals surface area contributed by atoms with E-state index >= 15 is 0 Å². The first kappa shape index (κ1) is 15.2. The van der Waals surface area contributed by atoms with Crippen LogP contribution < -0.4 is 10.4 Å². The van der Waals surface area contributed by atoms with E-state index in [2.05, 4.69) is 27.3 Å².